The molecule has 0 fully saturated rings. The van der Waals surface area contributed by atoms with Gasteiger partial charge in [0, 0.05) is 22.6 Å². The Morgan fingerprint density at radius 2 is 2.00 bits per heavy atom. The number of halogens is 1. The number of carbonyl (C=O) groups excluding carboxylic acids is 1. The van der Waals surface area contributed by atoms with E-state index in [1.165, 1.54) is 6.20 Å². The van der Waals surface area contributed by atoms with Crippen LogP contribution in [0.3, 0.4) is 0 Å². The summed E-state index contributed by atoms with van der Waals surface area (Å²) >= 11 is 5.90. The minimum Gasteiger partial charge on any atom is -0.360 e. The monoisotopic (exact) mass is 325 g/mol. The second-order valence-electron chi connectivity index (χ2n) is 5.10. The maximum Gasteiger partial charge on any atom is 0.267 e. The average molecular weight is 326 g/mol. The van der Waals surface area contributed by atoms with Crippen molar-refractivity contribution in [2.45, 2.75) is 13.8 Å². The molecule has 0 saturated heterocycles. The zero-order valence-corrected chi connectivity index (χ0v) is 13.6. The van der Waals surface area contributed by atoms with E-state index < -0.39 is 5.91 Å². The SMILES string of the molecule is Cc1cccc(NC(=O)/C(C#N)=C\Nc2ccc(Cl)cc2C)c1. The number of anilines is 2. The molecule has 2 aromatic carbocycles. The maximum absolute atomic E-state index is 12.2. The minimum atomic E-state index is -0.461. The fourth-order valence-corrected chi connectivity index (χ4v) is 2.24. The first kappa shape index (κ1) is 16.6. The Morgan fingerprint density at radius 3 is 2.65 bits per heavy atom. The van der Waals surface area contributed by atoms with Crippen LogP contribution in [0.2, 0.25) is 5.02 Å². The second kappa shape index (κ2) is 7.48. The number of nitrogens with zero attached hydrogens (tertiary/aromatic N) is 1. The van der Waals surface area contributed by atoms with Gasteiger partial charge >= 0.3 is 0 Å². The van der Waals surface area contributed by atoms with Gasteiger partial charge in [-0.1, -0.05) is 23.7 Å². The van der Waals surface area contributed by atoms with Crippen molar-refractivity contribution in [2.24, 2.45) is 0 Å². The first-order chi connectivity index (χ1) is 11.0. The lowest BCUT2D eigenvalue weighted by molar-refractivity contribution is -0.112. The Morgan fingerprint density at radius 1 is 1.22 bits per heavy atom. The maximum atomic E-state index is 12.2. The summed E-state index contributed by atoms with van der Waals surface area (Å²) in [5.74, 6) is -0.461. The van der Waals surface area contributed by atoms with Crippen LogP contribution in [0.15, 0.2) is 54.2 Å². The molecule has 0 aliphatic heterocycles. The number of nitrogens with one attached hydrogen (secondary N) is 2. The lowest BCUT2D eigenvalue weighted by atomic mass is 10.2. The number of rotatable bonds is 4. The third kappa shape index (κ3) is 4.60. The minimum absolute atomic E-state index is 0.0131. The number of nitriles is 1. The van der Waals surface area contributed by atoms with Crippen molar-refractivity contribution in [2.75, 3.05) is 10.6 Å². The number of hydrogen-bond acceptors (Lipinski definition) is 3. The normalized spacial score (nSPS) is 10.8. The number of hydrogen-bond donors (Lipinski definition) is 2. The third-order valence-electron chi connectivity index (χ3n) is 3.20. The van der Waals surface area contributed by atoms with Crippen molar-refractivity contribution in [3.05, 3.63) is 70.4 Å². The molecule has 0 bridgehead atoms. The Kier molecular flexibility index (Phi) is 5.40. The molecule has 0 aromatic heterocycles. The summed E-state index contributed by atoms with van der Waals surface area (Å²) in [5, 5.41) is 15.5. The van der Waals surface area contributed by atoms with Gasteiger partial charge < -0.3 is 10.6 Å². The van der Waals surface area contributed by atoms with E-state index in [1.54, 1.807) is 24.3 Å². The topological polar surface area (TPSA) is 64.9 Å². The van der Waals surface area contributed by atoms with Gasteiger partial charge in [-0.3, -0.25) is 4.79 Å². The van der Waals surface area contributed by atoms with Crippen LogP contribution in [0.1, 0.15) is 11.1 Å². The Labute approximate surface area is 140 Å². The molecule has 0 aliphatic carbocycles. The van der Waals surface area contributed by atoms with E-state index in [9.17, 15) is 10.1 Å². The predicted molar refractivity (Wildman–Crippen MR) is 93.3 cm³/mol. The highest BCUT2D eigenvalue weighted by molar-refractivity contribution is 6.30. The van der Waals surface area contributed by atoms with Crippen LogP contribution in [-0.4, -0.2) is 5.91 Å². The lowest BCUT2D eigenvalue weighted by Crippen LogP contribution is -2.14. The van der Waals surface area contributed by atoms with Crippen LogP contribution >= 0.6 is 11.6 Å². The third-order valence-corrected chi connectivity index (χ3v) is 3.44. The van der Waals surface area contributed by atoms with E-state index in [1.807, 2.05) is 38.1 Å². The van der Waals surface area contributed by atoms with E-state index in [2.05, 4.69) is 10.6 Å². The molecule has 116 valence electrons. The molecule has 0 heterocycles. The van der Waals surface area contributed by atoms with Crippen LogP contribution in [-0.2, 0) is 4.79 Å². The van der Waals surface area contributed by atoms with Crippen LogP contribution in [0.4, 0.5) is 11.4 Å². The molecule has 5 heteroatoms. The number of aryl methyl sites for hydroxylation is 2. The van der Waals surface area contributed by atoms with Gasteiger partial charge in [-0.25, -0.2) is 0 Å². The summed E-state index contributed by atoms with van der Waals surface area (Å²) < 4.78 is 0. The molecule has 23 heavy (non-hydrogen) atoms. The van der Waals surface area contributed by atoms with Crippen LogP contribution in [0.25, 0.3) is 0 Å². The average Bonchev–Trinajstić information content (AvgIpc) is 2.49. The van der Waals surface area contributed by atoms with Crippen LogP contribution < -0.4 is 10.6 Å². The molecule has 1 amide bonds. The standard InChI is InChI=1S/C18H16ClN3O/c1-12-4-3-5-16(8-12)22-18(23)14(10-20)11-21-17-7-6-15(19)9-13(17)2/h3-9,11,21H,1-2H3,(H,22,23)/b14-11-. The molecular weight excluding hydrogens is 310 g/mol. The Bertz CT molecular complexity index is 806. The summed E-state index contributed by atoms with van der Waals surface area (Å²) in [4.78, 5) is 12.2. The predicted octanol–water partition coefficient (Wildman–Crippen LogP) is 4.41. The zero-order chi connectivity index (χ0) is 16.8. The highest BCUT2D eigenvalue weighted by atomic mass is 35.5. The molecule has 2 rings (SSSR count). The second-order valence-corrected chi connectivity index (χ2v) is 5.53. The molecule has 4 nitrogen and oxygen atoms in total. The molecule has 0 saturated carbocycles. The number of amides is 1. The van der Waals surface area contributed by atoms with Gasteiger partial charge in [0.1, 0.15) is 11.6 Å². The van der Waals surface area contributed by atoms with Crippen molar-refractivity contribution in [1.29, 1.82) is 5.26 Å². The van der Waals surface area contributed by atoms with Crippen molar-refractivity contribution in [3.8, 4) is 6.07 Å². The fraction of sp³-hybridized carbons (Fsp3) is 0.111. The van der Waals surface area contributed by atoms with Crippen LogP contribution in [0, 0.1) is 25.2 Å². The van der Waals surface area contributed by atoms with E-state index in [-0.39, 0.29) is 5.57 Å². The lowest BCUT2D eigenvalue weighted by Gasteiger charge is -2.08. The van der Waals surface area contributed by atoms with Gasteiger partial charge in [0.05, 0.1) is 0 Å². The highest BCUT2D eigenvalue weighted by Crippen LogP contribution is 2.20. The van der Waals surface area contributed by atoms with Gasteiger partial charge in [-0.15, -0.1) is 0 Å². The first-order valence-electron chi connectivity index (χ1n) is 7.00. The fourth-order valence-electron chi connectivity index (χ4n) is 2.01. The summed E-state index contributed by atoms with van der Waals surface area (Å²) in [5.41, 5.74) is 3.37. The van der Waals surface area contributed by atoms with Crippen molar-refractivity contribution >= 4 is 28.9 Å². The molecule has 2 aromatic rings. The Balaban J connectivity index is 2.12. The highest BCUT2D eigenvalue weighted by Gasteiger charge is 2.09. The van der Waals surface area contributed by atoms with Gasteiger partial charge in [0.2, 0.25) is 0 Å². The van der Waals surface area contributed by atoms with E-state index in [4.69, 9.17) is 11.6 Å². The molecule has 0 radical (unpaired) electrons. The van der Waals surface area contributed by atoms with E-state index >= 15 is 0 Å². The number of benzene rings is 2. The molecule has 2 N–H and O–H groups in total. The van der Waals surface area contributed by atoms with Crippen molar-refractivity contribution < 1.29 is 4.79 Å². The summed E-state index contributed by atoms with van der Waals surface area (Å²) in [6, 6.07) is 14.6. The molecule has 0 atom stereocenters. The van der Waals surface area contributed by atoms with Crippen molar-refractivity contribution in [3.63, 3.8) is 0 Å². The molecule has 0 spiro atoms. The Hall–Kier alpha value is -2.77. The van der Waals surface area contributed by atoms with Gasteiger partial charge in [0.15, 0.2) is 0 Å². The summed E-state index contributed by atoms with van der Waals surface area (Å²) in [6.07, 6.45) is 1.39. The smallest absolute Gasteiger partial charge is 0.267 e. The van der Waals surface area contributed by atoms with E-state index in [0.29, 0.717) is 10.7 Å². The molecular formula is C18H16ClN3O. The molecule has 0 aliphatic rings. The van der Waals surface area contributed by atoms with Crippen molar-refractivity contribution in [1.82, 2.24) is 0 Å². The summed E-state index contributed by atoms with van der Waals surface area (Å²) in [7, 11) is 0. The van der Waals surface area contributed by atoms with Crippen LogP contribution in [0.5, 0.6) is 0 Å². The van der Waals surface area contributed by atoms with Gasteiger partial charge in [-0.2, -0.15) is 5.26 Å². The quantitative estimate of drug-likeness (QED) is 0.646. The molecule has 0 unspecified atom stereocenters. The van der Waals surface area contributed by atoms with Gasteiger partial charge in [-0.05, 0) is 55.3 Å². The summed E-state index contributed by atoms with van der Waals surface area (Å²) in [6.45, 7) is 3.82. The zero-order valence-electron chi connectivity index (χ0n) is 12.9. The number of carbonyl (C=O) groups is 1. The largest absolute Gasteiger partial charge is 0.360 e. The van der Waals surface area contributed by atoms with Gasteiger partial charge in [0.25, 0.3) is 5.91 Å². The van der Waals surface area contributed by atoms with E-state index in [0.717, 1.165) is 16.8 Å². The first-order valence-corrected chi connectivity index (χ1v) is 7.38.